The van der Waals surface area contributed by atoms with E-state index in [1.807, 2.05) is 24.3 Å². The molecule has 0 amide bonds. The van der Waals surface area contributed by atoms with E-state index < -0.39 is 0 Å². The Kier molecular flexibility index (Phi) is 6.49. The normalized spacial score (nSPS) is 17.4. The van der Waals surface area contributed by atoms with Crippen LogP contribution in [-0.4, -0.2) is 7.11 Å². The minimum Gasteiger partial charge on any atom is -0.497 e. The zero-order valence-corrected chi connectivity index (χ0v) is 15.9. The molecule has 0 bridgehead atoms. The van der Waals surface area contributed by atoms with E-state index in [0.29, 0.717) is 12.3 Å². The average molecular weight is 352 g/mol. The molecule has 1 aliphatic carbocycles. The maximum absolute atomic E-state index is 14.8. The standard InChI is InChI=1S/C24H29FO/c1-3-4-5-6-18-7-9-19(10-8-18)21-13-16-23(24(25)17-21)20-11-14-22(26-2)15-12-20/h7-12,14-15,21H,3-6,13,16-17H2,1-2H3/t21-/m1/s1. The Morgan fingerprint density at radius 1 is 1.00 bits per heavy atom. The largest absolute Gasteiger partial charge is 0.497 e. The Bertz CT molecular complexity index is 728. The van der Waals surface area contributed by atoms with Crippen molar-refractivity contribution in [3.8, 4) is 5.75 Å². The lowest BCUT2D eigenvalue weighted by atomic mass is 9.81. The molecule has 138 valence electrons. The van der Waals surface area contributed by atoms with Gasteiger partial charge < -0.3 is 4.74 Å². The molecule has 1 aliphatic rings. The van der Waals surface area contributed by atoms with Crippen molar-refractivity contribution >= 4 is 5.57 Å². The van der Waals surface area contributed by atoms with Crippen LogP contribution in [0.3, 0.4) is 0 Å². The summed E-state index contributed by atoms with van der Waals surface area (Å²) in [5, 5.41) is 0. The Morgan fingerprint density at radius 2 is 1.73 bits per heavy atom. The van der Waals surface area contributed by atoms with Crippen LogP contribution < -0.4 is 4.74 Å². The number of methoxy groups -OCH3 is 1. The van der Waals surface area contributed by atoms with Gasteiger partial charge in [-0.25, -0.2) is 4.39 Å². The van der Waals surface area contributed by atoms with Crippen LogP contribution in [0.5, 0.6) is 5.75 Å². The van der Waals surface area contributed by atoms with Gasteiger partial charge in [-0.15, -0.1) is 0 Å². The maximum atomic E-state index is 14.8. The predicted octanol–water partition coefficient (Wildman–Crippen LogP) is 7.08. The summed E-state index contributed by atoms with van der Waals surface area (Å²) in [5.74, 6) is 1.14. The molecule has 0 spiro atoms. The average Bonchev–Trinajstić information content (AvgIpc) is 2.69. The molecule has 1 atom stereocenters. The van der Waals surface area contributed by atoms with Crippen molar-refractivity contribution in [1.82, 2.24) is 0 Å². The number of rotatable bonds is 7. The first-order chi connectivity index (χ1) is 12.7. The van der Waals surface area contributed by atoms with Crippen LogP contribution in [0.15, 0.2) is 54.4 Å². The van der Waals surface area contributed by atoms with Gasteiger partial charge in [-0.05, 0) is 66.0 Å². The van der Waals surface area contributed by atoms with E-state index in [4.69, 9.17) is 4.74 Å². The molecule has 0 radical (unpaired) electrons. The smallest absolute Gasteiger partial charge is 0.118 e. The lowest BCUT2D eigenvalue weighted by Crippen LogP contribution is -2.07. The summed E-state index contributed by atoms with van der Waals surface area (Å²) < 4.78 is 20.0. The summed E-state index contributed by atoms with van der Waals surface area (Å²) in [6.07, 6.45) is 7.24. The molecule has 2 heteroatoms. The number of benzene rings is 2. The van der Waals surface area contributed by atoms with Crippen LogP contribution in [0.2, 0.25) is 0 Å². The molecule has 0 aliphatic heterocycles. The van der Waals surface area contributed by atoms with Gasteiger partial charge in [0.2, 0.25) is 0 Å². The van der Waals surface area contributed by atoms with E-state index in [1.165, 1.54) is 30.4 Å². The zero-order valence-electron chi connectivity index (χ0n) is 15.9. The topological polar surface area (TPSA) is 9.23 Å². The first kappa shape index (κ1) is 18.7. The summed E-state index contributed by atoms with van der Waals surface area (Å²) in [7, 11) is 1.65. The molecule has 0 aromatic heterocycles. The lowest BCUT2D eigenvalue weighted by Gasteiger charge is -2.24. The highest BCUT2D eigenvalue weighted by Gasteiger charge is 2.23. The third-order valence-electron chi connectivity index (χ3n) is 5.45. The fraction of sp³-hybridized carbons (Fsp3) is 0.417. The van der Waals surface area contributed by atoms with Gasteiger partial charge in [0, 0.05) is 6.42 Å². The number of allylic oxidation sites excluding steroid dienone is 2. The van der Waals surface area contributed by atoms with Crippen molar-refractivity contribution < 1.29 is 9.13 Å². The Hall–Kier alpha value is -2.09. The van der Waals surface area contributed by atoms with Crippen LogP contribution in [0.4, 0.5) is 4.39 Å². The lowest BCUT2D eigenvalue weighted by molar-refractivity contribution is 0.414. The van der Waals surface area contributed by atoms with Gasteiger partial charge in [-0.3, -0.25) is 0 Å². The van der Waals surface area contributed by atoms with Crippen LogP contribution >= 0.6 is 0 Å². The molecule has 26 heavy (non-hydrogen) atoms. The Morgan fingerprint density at radius 3 is 2.35 bits per heavy atom. The molecule has 0 saturated carbocycles. The van der Waals surface area contributed by atoms with Crippen molar-refractivity contribution in [3.63, 3.8) is 0 Å². The molecule has 0 fully saturated rings. The quantitative estimate of drug-likeness (QED) is 0.484. The van der Waals surface area contributed by atoms with E-state index in [2.05, 4.69) is 31.2 Å². The number of unbranched alkanes of at least 4 members (excludes halogenated alkanes) is 2. The molecule has 0 saturated heterocycles. The first-order valence-corrected chi connectivity index (χ1v) is 9.82. The molecule has 1 nitrogen and oxygen atoms in total. The highest BCUT2D eigenvalue weighted by atomic mass is 19.1. The van der Waals surface area contributed by atoms with E-state index in [1.54, 1.807) is 7.11 Å². The zero-order chi connectivity index (χ0) is 18.4. The van der Waals surface area contributed by atoms with Crippen molar-refractivity contribution in [3.05, 3.63) is 71.0 Å². The van der Waals surface area contributed by atoms with Crippen LogP contribution in [0.25, 0.3) is 5.57 Å². The van der Waals surface area contributed by atoms with Crippen molar-refractivity contribution in [2.45, 2.75) is 57.8 Å². The molecule has 3 rings (SSSR count). The monoisotopic (exact) mass is 352 g/mol. The van der Waals surface area contributed by atoms with Crippen LogP contribution in [0, 0.1) is 0 Å². The molecule has 0 heterocycles. The second kappa shape index (κ2) is 9.02. The SMILES string of the molecule is CCCCCc1ccc([C@@H]2CCC(c3ccc(OC)cc3)=C(F)C2)cc1. The van der Waals surface area contributed by atoms with Gasteiger partial charge in [0.15, 0.2) is 0 Å². The number of halogens is 1. The Labute approximate surface area is 156 Å². The van der Waals surface area contributed by atoms with E-state index >= 15 is 0 Å². The second-order valence-corrected chi connectivity index (χ2v) is 7.25. The predicted molar refractivity (Wildman–Crippen MR) is 107 cm³/mol. The molecule has 0 N–H and O–H groups in total. The van der Waals surface area contributed by atoms with E-state index in [9.17, 15) is 4.39 Å². The minimum absolute atomic E-state index is 0.0402. The fourth-order valence-corrected chi connectivity index (χ4v) is 3.81. The van der Waals surface area contributed by atoms with Gasteiger partial charge in [0.05, 0.1) is 7.11 Å². The van der Waals surface area contributed by atoms with E-state index in [-0.39, 0.29) is 5.83 Å². The minimum atomic E-state index is 0.0402. The summed E-state index contributed by atoms with van der Waals surface area (Å²) in [5.41, 5.74) is 4.51. The highest BCUT2D eigenvalue weighted by molar-refractivity contribution is 5.69. The maximum Gasteiger partial charge on any atom is 0.118 e. The third-order valence-corrected chi connectivity index (χ3v) is 5.45. The number of aryl methyl sites for hydroxylation is 1. The van der Waals surface area contributed by atoms with Gasteiger partial charge >= 0.3 is 0 Å². The first-order valence-electron chi connectivity index (χ1n) is 9.82. The van der Waals surface area contributed by atoms with Crippen LogP contribution in [-0.2, 0) is 6.42 Å². The van der Waals surface area contributed by atoms with E-state index in [0.717, 1.165) is 36.1 Å². The Balaban J connectivity index is 1.66. The number of hydrogen-bond acceptors (Lipinski definition) is 1. The molecular weight excluding hydrogens is 323 g/mol. The van der Waals surface area contributed by atoms with Gasteiger partial charge in [-0.2, -0.15) is 0 Å². The van der Waals surface area contributed by atoms with Crippen molar-refractivity contribution in [1.29, 1.82) is 0 Å². The van der Waals surface area contributed by atoms with Crippen molar-refractivity contribution in [2.75, 3.05) is 7.11 Å². The second-order valence-electron chi connectivity index (χ2n) is 7.25. The number of ether oxygens (including phenoxy) is 1. The summed E-state index contributed by atoms with van der Waals surface area (Å²) in [6.45, 7) is 2.23. The van der Waals surface area contributed by atoms with Gasteiger partial charge in [-0.1, -0.05) is 56.2 Å². The molecular formula is C24H29FO. The van der Waals surface area contributed by atoms with Crippen molar-refractivity contribution in [2.24, 2.45) is 0 Å². The van der Waals surface area contributed by atoms with Gasteiger partial charge in [0.1, 0.15) is 11.6 Å². The molecule has 2 aromatic carbocycles. The van der Waals surface area contributed by atoms with Crippen LogP contribution in [0.1, 0.15) is 68.1 Å². The van der Waals surface area contributed by atoms with Gasteiger partial charge in [0.25, 0.3) is 0 Å². The number of hydrogen-bond donors (Lipinski definition) is 0. The summed E-state index contributed by atoms with van der Waals surface area (Å²) in [6, 6.07) is 16.6. The fourth-order valence-electron chi connectivity index (χ4n) is 3.81. The summed E-state index contributed by atoms with van der Waals surface area (Å²) in [4.78, 5) is 0. The molecule has 2 aromatic rings. The third kappa shape index (κ3) is 4.55. The molecule has 0 unspecified atom stereocenters. The highest BCUT2D eigenvalue weighted by Crippen LogP contribution is 2.41. The summed E-state index contributed by atoms with van der Waals surface area (Å²) >= 11 is 0.